The second-order valence-corrected chi connectivity index (χ2v) is 17.8. The molecule has 2 unspecified atom stereocenters. The van der Waals surface area contributed by atoms with Crippen molar-refractivity contribution in [2.75, 3.05) is 37.8 Å². The van der Waals surface area contributed by atoms with Crippen molar-refractivity contribution in [1.82, 2.24) is 30.2 Å². The number of nitrogens with two attached hydrogens (primary N) is 2. The fraction of sp³-hybridized carbons (Fsp3) is 0.680. The number of hydrogen-bond donors (Lipinski definition) is 11. The van der Waals surface area contributed by atoms with Gasteiger partial charge in [-0.05, 0) is 6.92 Å². The van der Waals surface area contributed by atoms with Gasteiger partial charge in [-0.3, -0.25) is 32.5 Å². The van der Waals surface area contributed by atoms with Crippen LogP contribution in [0.25, 0.3) is 11.2 Å². The van der Waals surface area contributed by atoms with Crippen LogP contribution in [-0.4, -0.2) is 140 Å². The van der Waals surface area contributed by atoms with E-state index in [2.05, 4.69) is 34.4 Å². The number of rotatable bonds is 21. The number of nitrogens with one attached hydrogen (secondary N) is 2. The molecular formula is C25H43N8O18P3S. The Hall–Kier alpha value is -2.52. The number of ether oxygens (including phenoxy) is 1. The zero-order chi connectivity index (χ0) is 41.5. The highest BCUT2D eigenvalue weighted by atomic mass is 32.2. The Morgan fingerprint density at radius 1 is 1.05 bits per heavy atom. The lowest BCUT2D eigenvalue weighted by Crippen LogP contribution is -2.46. The first kappa shape index (κ1) is 46.9. The van der Waals surface area contributed by atoms with Gasteiger partial charge in [0.2, 0.25) is 16.9 Å². The number of thioether (sulfide) groups is 1. The van der Waals surface area contributed by atoms with Gasteiger partial charge >= 0.3 is 23.5 Å². The van der Waals surface area contributed by atoms with Crippen LogP contribution in [0.1, 0.15) is 33.4 Å². The zero-order valence-electron chi connectivity index (χ0n) is 29.3. The minimum Gasteiger partial charge on any atom is -0.391 e. The molecular weight excluding hydrogens is 825 g/mol. The number of aliphatic hydroxyl groups is 3. The van der Waals surface area contributed by atoms with E-state index >= 15 is 0 Å². The number of anilines is 1. The largest absolute Gasteiger partial charge is 0.481 e. The molecule has 1 fully saturated rings. The molecule has 2 aromatic rings. The molecule has 1 aliphatic heterocycles. The lowest BCUT2D eigenvalue weighted by Gasteiger charge is -2.30. The molecule has 3 rings (SSSR count). The fourth-order valence-corrected chi connectivity index (χ4v) is 8.20. The van der Waals surface area contributed by atoms with Gasteiger partial charge in [0.1, 0.15) is 42.3 Å². The topological polar surface area (TPSA) is 410 Å². The average molecular weight is 869 g/mol. The number of carbonyl (C=O) groups excluding carboxylic acids is 3. The van der Waals surface area contributed by atoms with Gasteiger partial charge in [0.25, 0.3) is 0 Å². The molecule has 0 spiro atoms. The lowest BCUT2D eigenvalue weighted by molar-refractivity contribution is -0.137. The Labute approximate surface area is 316 Å². The van der Waals surface area contributed by atoms with Crippen LogP contribution in [0.2, 0.25) is 0 Å². The third-order valence-corrected chi connectivity index (χ3v) is 11.6. The maximum atomic E-state index is 12.7. The average Bonchev–Trinajstić information content (AvgIpc) is 3.64. The smallest absolute Gasteiger partial charge is 0.391 e. The Morgan fingerprint density at radius 3 is 2.35 bits per heavy atom. The first-order valence-electron chi connectivity index (χ1n) is 15.8. The Balaban J connectivity index is 1.50. The van der Waals surface area contributed by atoms with Gasteiger partial charge in [0.05, 0.1) is 25.6 Å². The van der Waals surface area contributed by atoms with Crippen LogP contribution >= 0.6 is 35.2 Å². The van der Waals surface area contributed by atoms with Crippen LogP contribution < -0.4 is 22.1 Å². The van der Waals surface area contributed by atoms with Gasteiger partial charge < -0.3 is 61.7 Å². The molecule has 0 radical (unpaired) electrons. The van der Waals surface area contributed by atoms with E-state index in [1.54, 1.807) is 0 Å². The number of fused-ring (bicyclic) bond motifs is 1. The van der Waals surface area contributed by atoms with E-state index in [9.17, 15) is 63.0 Å². The molecule has 55 heavy (non-hydrogen) atoms. The van der Waals surface area contributed by atoms with Crippen molar-refractivity contribution in [3.8, 4) is 0 Å². The van der Waals surface area contributed by atoms with Crippen molar-refractivity contribution in [3.05, 3.63) is 12.7 Å². The quantitative estimate of drug-likeness (QED) is 0.0451. The summed E-state index contributed by atoms with van der Waals surface area (Å²) < 4.78 is 61.9. The number of aromatic nitrogens is 4. The molecule has 2 aromatic heterocycles. The van der Waals surface area contributed by atoms with Crippen molar-refractivity contribution in [2.45, 2.75) is 70.0 Å². The Bertz CT molecular complexity index is 1820. The molecule has 1 aliphatic rings. The van der Waals surface area contributed by atoms with E-state index in [0.29, 0.717) is 0 Å². The summed E-state index contributed by atoms with van der Waals surface area (Å²) in [7, 11) is -16.4. The SMILES string of the molecule is C[C@@H](O)[C@H](N)C(=O)SCCNC(=O)CCNC(=O)[C@H](O)C(C)(C)COP(=O)(O)OP(=O)(O)OC[C@H]1O[C@@H](n2cnc3c(N)ncnc32)[C@H](O)[C@@H]1OP(=O)(O)O. The number of nitrogen functional groups attached to an aromatic ring is 1. The number of carbonyl (C=O) groups is 3. The van der Waals surface area contributed by atoms with E-state index in [-0.39, 0.29) is 42.2 Å². The summed E-state index contributed by atoms with van der Waals surface area (Å²) in [6.07, 6.45) is -8.08. The molecule has 13 N–H and O–H groups in total. The number of imidazole rings is 1. The van der Waals surface area contributed by atoms with Gasteiger partial charge in [-0.1, -0.05) is 25.6 Å². The minimum atomic E-state index is -5.58. The minimum absolute atomic E-state index is 0.0227. The fourth-order valence-electron chi connectivity index (χ4n) is 4.57. The monoisotopic (exact) mass is 868 g/mol. The molecule has 1 saturated heterocycles. The first-order chi connectivity index (χ1) is 25.3. The van der Waals surface area contributed by atoms with Gasteiger partial charge in [0, 0.05) is 30.7 Å². The summed E-state index contributed by atoms with van der Waals surface area (Å²) in [5, 5.41) is 35.1. The molecule has 0 aromatic carbocycles. The summed E-state index contributed by atoms with van der Waals surface area (Å²) in [5.41, 5.74) is 9.74. The highest BCUT2D eigenvalue weighted by Crippen LogP contribution is 2.61. The van der Waals surface area contributed by atoms with Crippen LogP contribution in [0.5, 0.6) is 0 Å². The number of nitrogens with zero attached hydrogens (tertiary/aromatic N) is 4. The molecule has 30 heteroatoms. The molecule has 3 heterocycles. The van der Waals surface area contributed by atoms with Gasteiger partial charge in [-0.2, -0.15) is 4.31 Å². The third-order valence-electron chi connectivity index (χ3n) is 7.54. The van der Waals surface area contributed by atoms with Gasteiger partial charge in [-0.25, -0.2) is 28.6 Å². The molecule has 26 nitrogen and oxygen atoms in total. The standard InChI is InChI=1S/C25H43N8O18P3S/c1-12(34)15(26)24(39)55-7-6-28-14(35)4-5-29-22(38)19(37)25(2,3)9-48-54(45,46)51-53(43,44)47-8-13-18(50-52(40,41)42)17(36)23(49-13)33-11-32-16-20(27)30-10-31-21(16)33/h10-13,15,17-19,23,34,36-37H,4-9,26H2,1-3H3,(H,28,35)(H,29,38)(H,43,44)(H,45,46)(H2,27,30,31)(H2,40,41,42)/t12-,13-,15+,17-,18-,19+,23-/m1/s1. The molecule has 9 atom stereocenters. The number of phosphoric acid groups is 3. The summed E-state index contributed by atoms with van der Waals surface area (Å²) >= 11 is 0.822. The zero-order valence-corrected chi connectivity index (χ0v) is 32.8. The molecule has 0 aliphatic carbocycles. The maximum Gasteiger partial charge on any atom is 0.481 e. The van der Waals surface area contributed by atoms with Crippen molar-refractivity contribution in [3.63, 3.8) is 0 Å². The summed E-state index contributed by atoms with van der Waals surface area (Å²) in [5.74, 6) is -1.39. The number of amides is 2. The molecule has 0 bridgehead atoms. The van der Waals surface area contributed by atoms with Crippen LogP contribution in [0.15, 0.2) is 12.7 Å². The van der Waals surface area contributed by atoms with Crippen molar-refractivity contribution >= 4 is 69.1 Å². The van der Waals surface area contributed by atoms with Crippen LogP contribution in [-0.2, 0) is 50.7 Å². The maximum absolute atomic E-state index is 12.7. The van der Waals surface area contributed by atoms with Crippen LogP contribution in [0.4, 0.5) is 5.82 Å². The molecule has 0 saturated carbocycles. The highest BCUT2D eigenvalue weighted by Gasteiger charge is 2.50. The van der Waals surface area contributed by atoms with E-state index < -0.39 is 102 Å². The second-order valence-electron chi connectivity index (χ2n) is 12.5. The van der Waals surface area contributed by atoms with E-state index in [1.807, 2.05) is 0 Å². The highest BCUT2D eigenvalue weighted by molar-refractivity contribution is 8.13. The Kier molecular flexibility index (Phi) is 16.4. The number of hydrogen-bond acceptors (Lipinski definition) is 20. The van der Waals surface area contributed by atoms with Gasteiger partial charge in [-0.15, -0.1) is 0 Å². The van der Waals surface area contributed by atoms with E-state index in [1.165, 1.54) is 20.8 Å². The number of aliphatic hydroxyl groups excluding tert-OH is 3. The predicted molar refractivity (Wildman–Crippen MR) is 187 cm³/mol. The Morgan fingerprint density at radius 2 is 1.71 bits per heavy atom. The number of phosphoric ester groups is 3. The van der Waals surface area contributed by atoms with E-state index in [0.717, 1.165) is 29.0 Å². The lowest BCUT2D eigenvalue weighted by atomic mass is 9.87. The van der Waals surface area contributed by atoms with Gasteiger partial charge in [0.15, 0.2) is 17.7 Å². The summed E-state index contributed by atoms with van der Waals surface area (Å²) in [4.78, 5) is 87.1. The van der Waals surface area contributed by atoms with E-state index in [4.69, 9.17) is 25.3 Å². The third kappa shape index (κ3) is 13.8. The van der Waals surface area contributed by atoms with Crippen molar-refractivity contribution in [1.29, 1.82) is 0 Å². The van der Waals surface area contributed by atoms with Crippen LogP contribution in [0.3, 0.4) is 0 Å². The van der Waals surface area contributed by atoms with Crippen molar-refractivity contribution < 1.29 is 85.6 Å². The predicted octanol–water partition coefficient (Wildman–Crippen LogP) is -2.63. The molecule has 2 amide bonds. The van der Waals surface area contributed by atoms with Crippen LogP contribution in [0, 0.1) is 5.41 Å². The summed E-state index contributed by atoms with van der Waals surface area (Å²) in [6.45, 7) is 1.61. The second kappa shape index (κ2) is 19.3. The van der Waals surface area contributed by atoms with Crippen molar-refractivity contribution in [2.24, 2.45) is 11.1 Å². The summed E-state index contributed by atoms with van der Waals surface area (Å²) in [6, 6.07) is -1.07. The molecule has 312 valence electrons. The first-order valence-corrected chi connectivity index (χ1v) is 21.3. The normalized spacial score (nSPS) is 23.0.